The highest BCUT2D eigenvalue weighted by atomic mass is 16.5. The van der Waals surface area contributed by atoms with Gasteiger partial charge in [-0.15, -0.1) is 0 Å². The van der Waals surface area contributed by atoms with Gasteiger partial charge in [-0.1, -0.05) is 39.0 Å². The maximum atomic E-state index is 5.93. The molecule has 0 amide bonds. The summed E-state index contributed by atoms with van der Waals surface area (Å²) in [5.74, 6) is 1.68. The molecule has 0 saturated carbocycles. The minimum atomic E-state index is 0.116. The van der Waals surface area contributed by atoms with Gasteiger partial charge in [0.15, 0.2) is 0 Å². The van der Waals surface area contributed by atoms with Crippen molar-refractivity contribution in [2.45, 2.75) is 32.6 Å². The molecule has 2 rings (SSSR count). The fraction of sp³-hybridized carbons (Fsp3) is 0.647. The highest BCUT2D eigenvalue weighted by Gasteiger charge is 2.18. The van der Waals surface area contributed by atoms with Crippen LogP contribution in [0.15, 0.2) is 24.3 Å². The van der Waals surface area contributed by atoms with Gasteiger partial charge in [0, 0.05) is 19.7 Å². The number of ether oxygens (including phenoxy) is 2. The van der Waals surface area contributed by atoms with Gasteiger partial charge in [-0.3, -0.25) is 0 Å². The van der Waals surface area contributed by atoms with E-state index >= 15 is 0 Å². The highest BCUT2D eigenvalue weighted by molar-refractivity contribution is 5.38. The van der Waals surface area contributed by atoms with Crippen LogP contribution in [0, 0.1) is 5.92 Å². The monoisotopic (exact) mass is 277 g/mol. The molecule has 0 bridgehead atoms. The molecule has 3 nitrogen and oxygen atoms in total. The second kappa shape index (κ2) is 7.09. The van der Waals surface area contributed by atoms with E-state index in [0.29, 0.717) is 12.5 Å². The molecule has 1 saturated heterocycles. The van der Waals surface area contributed by atoms with Gasteiger partial charge < -0.3 is 14.8 Å². The van der Waals surface area contributed by atoms with Gasteiger partial charge >= 0.3 is 0 Å². The molecule has 1 atom stereocenters. The minimum Gasteiger partial charge on any atom is -0.492 e. The molecular weight excluding hydrogens is 250 g/mol. The Morgan fingerprint density at radius 3 is 2.80 bits per heavy atom. The van der Waals surface area contributed by atoms with Crippen molar-refractivity contribution in [3.63, 3.8) is 0 Å². The van der Waals surface area contributed by atoms with Crippen molar-refractivity contribution in [1.29, 1.82) is 0 Å². The lowest BCUT2D eigenvalue weighted by Crippen LogP contribution is -2.27. The summed E-state index contributed by atoms with van der Waals surface area (Å²) in [4.78, 5) is 0. The van der Waals surface area contributed by atoms with E-state index in [1.54, 1.807) is 0 Å². The molecule has 3 heteroatoms. The summed E-state index contributed by atoms with van der Waals surface area (Å²) in [7, 11) is 0. The summed E-state index contributed by atoms with van der Waals surface area (Å²) in [5, 5.41) is 3.45. The molecule has 1 heterocycles. The van der Waals surface area contributed by atoms with Crippen LogP contribution in [0.5, 0.6) is 5.75 Å². The van der Waals surface area contributed by atoms with Gasteiger partial charge in [0.05, 0.1) is 6.61 Å². The average molecular weight is 277 g/mol. The van der Waals surface area contributed by atoms with E-state index in [4.69, 9.17) is 9.47 Å². The van der Waals surface area contributed by atoms with Crippen LogP contribution in [0.2, 0.25) is 0 Å². The lowest BCUT2D eigenvalue weighted by molar-refractivity contribution is 0.185. The second-order valence-electron chi connectivity index (χ2n) is 6.53. The average Bonchev–Trinajstić information content (AvgIpc) is 2.91. The highest BCUT2D eigenvalue weighted by Crippen LogP contribution is 2.30. The molecule has 1 fully saturated rings. The first-order chi connectivity index (χ1) is 9.57. The number of nitrogens with one attached hydrogen (secondary N) is 1. The minimum absolute atomic E-state index is 0.116. The van der Waals surface area contributed by atoms with Gasteiger partial charge in [0.25, 0.3) is 0 Å². The Hall–Kier alpha value is -1.06. The van der Waals surface area contributed by atoms with Crippen LogP contribution in [0.3, 0.4) is 0 Å². The third-order valence-electron chi connectivity index (χ3n) is 3.69. The first-order valence-corrected chi connectivity index (χ1v) is 7.58. The Labute approximate surface area is 122 Å². The van der Waals surface area contributed by atoms with E-state index in [1.165, 1.54) is 12.0 Å². The fourth-order valence-electron chi connectivity index (χ4n) is 2.50. The topological polar surface area (TPSA) is 30.5 Å². The zero-order chi connectivity index (χ0) is 14.4. The molecule has 1 aromatic carbocycles. The van der Waals surface area contributed by atoms with Crippen molar-refractivity contribution in [3.05, 3.63) is 29.8 Å². The zero-order valence-electron chi connectivity index (χ0n) is 12.9. The van der Waals surface area contributed by atoms with E-state index in [1.807, 2.05) is 6.07 Å². The normalized spacial score (nSPS) is 19.2. The van der Waals surface area contributed by atoms with E-state index in [0.717, 1.165) is 32.1 Å². The predicted molar refractivity (Wildman–Crippen MR) is 82.4 cm³/mol. The number of hydrogen-bond donors (Lipinski definition) is 1. The summed E-state index contributed by atoms with van der Waals surface area (Å²) in [5.41, 5.74) is 1.38. The van der Waals surface area contributed by atoms with Gasteiger partial charge in [-0.05, 0) is 29.4 Å². The Morgan fingerprint density at radius 1 is 1.30 bits per heavy atom. The SMILES string of the molecule is CC(C)(C)c1ccccc1OCCNCC1CCOC1. The largest absolute Gasteiger partial charge is 0.492 e. The van der Waals surface area contributed by atoms with Crippen molar-refractivity contribution in [2.75, 3.05) is 32.9 Å². The molecule has 0 aromatic heterocycles. The van der Waals surface area contributed by atoms with Crippen LogP contribution in [0.1, 0.15) is 32.8 Å². The molecule has 0 aliphatic carbocycles. The molecule has 0 spiro atoms. The summed E-state index contributed by atoms with van der Waals surface area (Å²) < 4.78 is 11.3. The van der Waals surface area contributed by atoms with E-state index in [9.17, 15) is 0 Å². The Morgan fingerprint density at radius 2 is 2.10 bits per heavy atom. The van der Waals surface area contributed by atoms with Crippen molar-refractivity contribution in [1.82, 2.24) is 5.32 Å². The smallest absolute Gasteiger partial charge is 0.123 e. The van der Waals surface area contributed by atoms with Crippen LogP contribution in [0.25, 0.3) is 0 Å². The molecule has 1 N–H and O–H groups in total. The third kappa shape index (κ3) is 4.50. The Balaban J connectivity index is 1.73. The Bertz CT molecular complexity index is 406. The van der Waals surface area contributed by atoms with Gasteiger partial charge in [-0.25, -0.2) is 0 Å². The lowest BCUT2D eigenvalue weighted by atomic mass is 9.86. The first-order valence-electron chi connectivity index (χ1n) is 7.58. The molecule has 20 heavy (non-hydrogen) atoms. The summed E-state index contributed by atoms with van der Waals surface area (Å²) in [6.07, 6.45) is 1.18. The number of rotatable bonds is 6. The molecule has 0 radical (unpaired) electrons. The maximum absolute atomic E-state index is 5.93. The molecule has 1 aliphatic heterocycles. The van der Waals surface area contributed by atoms with Crippen molar-refractivity contribution >= 4 is 0 Å². The van der Waals surface area contributed by atoms with Gasteiger partial charge in [0.2, 0.25) is 0 Å². The summed E-state index contributed by atoms with van der Waals surface area (Å²) in [6, 6.07) is 8.32. The summed E-state index contributed by atoms with van der Waals surface area (Å²) in [6.45, 7) is 11.1. The third-order valence-corrected chi connectivity index (χ3v) is 3.69. The molecule has 1 unspecified atom stereocenters. The van der Waals surface area contributed by atoms with Crippen LogP contribution >= 0.6 is 0 Å². The van der Waals surface area contributed by atoms with E-state index in [-0.39, 0.29) is 5.41 Å². The van der Waals surface area contributed by atoms with Crippen LogP contribution in [-0.2, 0) is 10.2 Å². The quantitative estimate of drug-likeness (QED) is 0.811. The predicted octanol–water partition coefficient (Wildman–Crippen LogP) is 2.99. The molecular formula is C17H27NO2. The van der Waals surface area contributed by atoms with E-state index < -0.39 is 0 Å². The van der Waals surface area contributed by atoms with Gasteiger partial charge in [-0.2, -0.15) is 0 Å². The van der Waals surface area contributed by atoms with Crippen LogP contribution < -0.4 is 10.1 Å². The van der Waals surface area contributed by atoms with Crippen LogP contribution in [0.4, 0.5) is 0 Å². The second-order valence-corrected chi connectivity index (χ2v) is 6.53. The van der Waals surface area contributed by atoms with Crippen molar-refractivity contribution in [3.8, 4) is 5.75 Å². The number of benzene rings is 1. The van der Waals surface area contributed by atoms with Crippen LogP contribution in [-0.4, -0.2) is 32.9 Å². The molecule has 112 valence electrons. The van der Waals surface area contributed by atoms with E-state index in [2.05, 4.69) is 44.3 Å². The van der Waals surface area contributed by atoms with Crippen molar-refractivity contribution in [2.24, 2.45) is 5.92 Å². The standard InChI is InChI=1S/C17H27NO2/c1-17(2,3)15-6-4-5-7-16(15)20-11-9-18-12-14-8-10-19-13-14/h4-7,14,18H,8-13H2,1-3H3. The maximum Gasteiger partial charge on any atom is 0.123 e. The summed E-state index contributed by atoms with van der Waals surface area (Å²) >= 11 is 0. The zero-order valence-corrected chi connectivity index (χ0v) is 12.9. The Kier molecular flexibility index (Phi) is 5.44. The number of hydrogen-bond acceptors (Lipinski definition) is 3. The first kappa shape index (κ1) is 15.3. The van der Waals surface area contributed by atoms with Gasteiger partial charge in [0.1, 0.15) is 12.4 Å². The fourth-order valence-corrected chi connectivity index (χ4v) is 2.50. The lowest BCUT2D eigenvalue weighted by Gasteiger charge is -2.22. The van der Waals surface area contributed by atoms with Crippen molar-refractivity contribution < 1.29 is 9.47 Å². The number of para-hydroxylation sites is 1. The molecule has 1 aliphatic rings. The molecule has 1 aromatic rings.